The van der Waals surface area contributed by atoms with Gasteiger partial charge in [-0.15, -0.1) is 0 Å². The predicted molar refractivity (Wildman–Crippen MR) is 64.4 cm³/mol. The molecule has 0 saturated heterocycles. The van der Waals surface area contributed by atoms with Gasteiger partial charge in [0.2, 0.25) is 10.0 Å². The van der Waals surface area contributed by atoms with Crippen molar-refractivity contribution in [3.8, 4) is 0 Å². The van der Waals surface area contributed by atoms with Crippen molar-refractivity contribution in [2.24, 2.45) is 5.92 Å². The average Bonchev–Trinajstić information content (AvgIpc) is 2.01. The highest BCUT2D eigenvalue weighted by molar-refractivity contribution is 7.89. The molecule has 0 aliphatic rings. The largest absolute Gasteiger partial charge is 0.305 e. The van der Waals surface area contributed by atoms with E-state index in [0.717, 1.165) is 0 Å². The second-order valence-corrected chi connectivity index (χ2v) is 6.37. The molecule has 0 aromatic carbocycles. The van der Waals surface area contributed by atoms with E-state index in [4.69, 9.17) is 0 Å². The fourth-order valence-corrected chi connectivity index (χ4v) is 2.67. The molecule has 0 rings (SSSR count). The molecule has 5 heteroatoms. The molecule has 4 nitrogen and oxygen atoms in total. The number of likely N-dealkylation sites (N-methyl/N-ethyl adjacent to an activating group) is 1. The van der Waals surface area contributed by atoms with E-state index < -0.39 is 10.0 Å². The molecule has 0 saturated carbocycles. The van der Waals surface area contributed by atoms with Gasteiger partial charge in [-0.05, 0) is 26.4 Å². The first-order chi connectivity index (χ1) is 6.80. The molecule has 92 valence electrons. The van der Waals surface area contributed by atoms with Crippen molar-refractivity contribution in [3.63, 3.8) is 0 Å². The predicted octanol–water partition coefficient (Wildman–Crippen LogP) is 0.902. The summed E-state index contributed by atoms with van der Waals surface area (Å²) in [5.41, 5.74) is 0. The fourth-order valence-electron chi connectivity index (χ4n) is 1.57. The Morgan fingerprint density at radius 3 is 2.13 bits per heavy atom. The quantitative estimate of drug-likeness (QED) is 0.714. The van der Waals surface area contributed by atoms with Crippen molar-refractivity contribution in [2.75, 3.05) is 26.4 Å². The Morgan fingerprint density at radius 2 is 1.80 bits per heavy atom. The van der Waals surface area contributed by atoms with Gasteiger partial charge >= 0.3 is 0 Å². The zero-order valence-electron chi connectivity index (χ0n) is 10.4. The number of nitrogens with zero attached hydrogens (tertiary/aromatic N) is 1. The maximum Gasteiger partial charge on any atom is 0.211 e. The molecule has 0 heterocycles. The van der Waals surface area contributed by atoms with Crippen LogP contribution in [-0.2, 0) is 10.0 Å². The summed E-state index contributed by atoms with van der Waals surface area (Å²) in [6.45, 7) is 6.55. The summed E-state index contributed by atoms with van der Waals surface area (Å²) in [5.74, 6) is 0.648. The topological polar surface area (TPSA) is 49.4 Å². The Morgan fingerprint density at radius 1 is 1.27 bits per heavy atom. The molecule has 1 N–H and O–H groups in total. The van der Waals surface area contributed by atoms with E-state index in [1.807, 2.05) is 21.0 Å². The minimum atomic E-state index is -3.07. The molecule has 1 atom stereocenters. The first kappa shape index (κ1) is 14.9. The molecule has 1 unspecified atom stereocenters. The van der Waals surface area contributed by atoms with E-state index in [2.05, 4.69) is 23.5 Å². The molecule has 0 amide bonds. The standard InChI is InChI=1S/C10H24N2O2S/c1-6-7-15(13,14)11-8-10(9(2)3)12(4)5/h9-11H,6-8H2,1-5H3. The molecular weight excluding hydrogens is 212 g/mol. The Kier molecular flexibility index (Phi) is 6.40. The molecule has 0 aliphatic carbocycles. The highest BCUT2D eigenvalue weighted by Gasteiger charge is 2.18. The van der Waals surface area contributed by atoms with Gasteiger partial charge in [0.25, 0.3) is 0 Å². The lowest BCUT2D eigenvalue weighted by Gasteiger charge is -2.27. The normalized spacial score (nSPS) is 14.9. The second kappa shape index (κ2) is 6.45. The first-order valence-electron chi connectivity index (χ1n) is 5.44. The van der Waals surface area contributed by atoms with Crippen molar-refractivity contribution in [1.82, 2.24) is 9.62 Å². The van der Waals surface area contributed by atoms with E-state index in [1.165, 1.54) is 0 Å². The Labute approximate surface area is 94.1 Å². The van der Waals surface area contributed by atoms with Gasteiger partial charge in [0.15, 0.2) is 0 Å². The van der Waals surface area contributed by atoms with Crippen LogP contribution in [0.1, 0.15) is 27.2 Å². The first-order valence-corrected chi connectivity index (χ1v) is 7.09. The molecule has 0 bridgehead atoms. The third-order valence-electron chi connectivity index (χ3n) is 2.42. The summed E-state index contributed by atoms with van der Waals surface area (Å²) in [5, 5.41) is 0. The Hall–Kier alpha value is -0.130. The smallest absolute Gasteiger partial charge is 0.211 e. The summed E-state index contributed by atoms with van der Waals surface area (Å²) in [4.78, 5) is 2.05. The zero-order chi connectivity index (χ0) is 12.1. The van der Waals surface area contributed by atoms with Gasteiger partial charge in [0, 0.05) is 12.6 Å². The van der Waals surface area contributed by atoms with Crippen LogP contribution in [0, 0.1) is 5.92 Å². The molecule has 0 aromatic rings. The van der Waals surface area contributed by atoms with Gasteiger partial charge in [-0.25, -0.2) is 13.1 Å². The third-order valence-corrected chi connectivity index (χ3v) is 3.97. The second-order valence-electron chi connectivity index (χ2n) is 4.44. The number of sulfonamides is 1. The van der Waals surface area contributed by atoms with Crippen LogP contribution in [-0.4, -0.2) is 45.8 Å². The minimum absolute atomic E-state index is 0.214. The molecule has 0 aromatic heterocycles. The Balaban J connectivity index is 4.22. The van der Waals surface area contributed by atoms with Gasteiger partial charge in [0.05, 0.1) is 5.75 Å². The monoisotopic (exact) mass is 236 g/mol. The van der Waals surface area contributed by atoms with Gasteiger partial charge in [0.1, 0.15) is 0 Å². The van der Waals surface area contributed by atoms with Crippen molar-refractivity contribution in [3.05, 3.63) is 0 Å². The van der Waals surface area contributed by atoms with E-state index in [9.17, 15) is 8.42 Å². The van der Waals surface area contributed by atoms with Crippen LogP contribution in [0.2, 0.25) is 0 Å². The van der Waals surface area contributed by atoms with Gasteiger partial charge in [-0.1, -0.05) is 20.8 Å². The van der Waals surface area contributed by atoms with Crippen molar-refractivity contribution in [1.29, 1.82) is 0 Å². The zero-order valence-corrected chi connectivity index (χ0v) is 11.3. The number of nitrogens with one attached hydrogen (secondary N) is 1. The van der Waals surface area contributed by atoms with Crippen LogP contribution in [0.5, 0.6) is 0 Å². The maximum atomic E-state index is 11.5. The number of rotatable bonds is 7. The van der Waals surface area contributed by atoms with E-state index >= 15 is 0 Å². The highest BCUT2D eigenvalue weighted by Crippen LogP contribution is 2.06. The van der Waals surface area contributed by atoms with E-state index in [1.54, 1.807) is 0 Å². The lowest BCUT2D eigenvalue weighted by molar-refractivity contribution is 0.233. The van der Waals surface area contributed by atoms with Crippen LogP contribution in [0.3, 0.4) is 0 Å². The maximum absolute atomic E-state index is 11.5. The van der Waals surface area contributed by atoms with Gasteiger partial charge in [-0.2, -0.15) is 0 Å². The minimum Gasteiger partial charge on any atom is -0.305 e. The summed E-state index contributed by atoms with van der Waals surface area (Å²) >= 11 is 0. The summed E-state index contributed by atoms with van der Waals surface area (Å²) in [7, 11) is 0.872. The van der Waals surface area contributed by atoms with Crippen LogP contribution < -0.4 is 4.72 Å². The van der Waals surface area contributed by atoms with Crippen molar-refractivity contribution >= 4 is 10.0 Å². The van der Waals surface area contributed by atoms with Crippen LogP contribution in [0.15, 0.2) is 0 Å². The number of hydrogen-bond donors (Lipinski definition) is 1. The molecule has 0 fully saturated rings. The lowest BCUT2D eigenvalue weighted by atomic mass is 10.0. The van der Waals surface area contributed by atoms with Crippen LogP contribution in [0.25, 0.3) is 0 Å². The molecule has 0 aliphatic heterocycles. The molecule has 15 heavy (non-hydrogen) atoms. The summed E-state index contributed by atoms with van der Waals surface area (Å²) in [6, 6.07) is 0.247. The van der Waals surface area contributed by atoms with E-state index in [0.29, 0.717) is 18.9 Å². The highest BCUT2D eigenvalue weighted by atomic mass is 32.2. The number of hydrogen-bond acceptors (Lipinski definition) is 3. The van der Waals surface area contributed by atoms with Gasteiger partial charge < -0.3 is 4.90 Å². The third kappa shape index (κ3) is 6.12. The van der Waals surface area contributed by atoms with Crippen molar-refractivity contribution < 1.29 is 8.42 Å². The lowest BCUT2D eigenvalue weighted by Crippen LogP contribution is -2.43. The molecular formula is C10H24N2O2S. The Bertz CT molecular complexity index is 253. The summed E-state index contributed by atoms with van der Waals surface area (Å²) in [6.07, 6.45) is 0.656. The van der Waals surface area contributed by atoms with Crippen LogP contribution in [0.4, 0.5) is 0 Å². The van der Waals surface area contributed by atoms with Crippen LogP contribution >= 0.6 is 0 Å². The van der Waals surface area contributed by atoms with E-state index in [-0.39, 0.29) is 11.8 Å². The molecule has 0 spiro atoms. The summed E-state index contributed by atoms with van der Waals surface area (Å²) < 4.78 is 25.6. The fraction of sp³-hybridized carbons (Fsp3) is 1.00. The molecule has 0 radical (unpaired) electrons. The average molecular weight is 236 g/mol. The van der Waals surface area contributed by atoms with Crippen molar-refractivity contribution in [2.45, 2.75) is 33.2 Å². The van der Waals surface area contributed by atoms with Gasteiger partial charge in [-0.3, -0.25) is 0 Å². The SMILES string of the molecule is CCCS(=O)(=O)NCC(C(C)C)N(C)C.